The number of nitrogens with one attached hydrogen (secondary N) is 2. The Labute approximate surface area is 185 Å². The molecule has 0 aliphatic carbocycles. The number of rotatable bonds is 4. The second-order valence-corrected chi connectivity index (χ2v) is 7.44. The molecule has 0 saturated carbocycles. The van der Waals surface area contributed by atoms with E-state index in [1.807, 2.05) is 30.3 Å². The molecule has 0 unspecified atom stereocenters. The topological polar surface area (TPSA) is 89.3 Å². The molecule has 150 valence electrons. The van der Waals surface area contributed by atoms with Crippen LogP contribution in [-0.4, -0.2) is 28.1 Å². The maximum Gasteiger partial charge on any atom is 0.257 e. The third kappa shape index (κ3) is 4.32. The lowest BCUT2D eigenvalue weighted by atomic mass is 10.2. The van der Waals surface area contributed by atoms with Gasteiger partial charge < -0.3 is 14.5 Å². The van der Waals surface area contributed by atoms with Gasteiger partial charge in [0.05, 0.1) is 11.6 Å². The van der Waals surface area contributed by atoms with Gasteiger partial charge in [-0.2, -0.15) is 4.98 Å². The molecule has 0 aliphatic rings. The second-order valence-electron chi connectivity index (χ2n) is 6.18. The van der Waals surface area contributed by atoms with Crippen LogP contribution in [0.25, 0.3) is 22.7 Å². The van der Waals surface area contributed by atoms with Crippen LogP contribution >= 0.6 is 28.1 Å². The number of benzene rings is 2. The Kier molecular flexibility index (Phi) is 5.73. The fourth-order valence-corrected chi connectivity index (χ4v) is 3.49. The van der Waals surface area contributed by atoms with Crippen molar-refractivity contribution in [2.24, 2.45) is 0 Å². The molecule has 2 aromatic carbocycles. The van der Waals surface area contributed by atoms with Crippen LogP contribution in [0.2, 0.25) is 0 Å². The van der Waals surface area contributed by atoms with E-state index in [0.717, 1.165) is 5.56 Å². The summed E-state index contributed by atoms with van der Waals surface area (Å²) in [6.07, 6.45) is 1.67. The highest BCUT2D eigenvalue weighted by Crippen LogP contribution is 2.26. The van der Waals surface area contributed by atoms with Crippen LogP contribution in [0.4, 0.5) is 5.69 Å². The molecule has 0 fully saturated rings. The van der Waals surface area contributed by atoms with Gasteiger partial charge in [0.15, 0.2) is 16.3 Å². The van der Waals surface area contributed by atoms with Crippen LogP contribution in [0.15, 0.2) is 69.7 Å². The Morgan fingerprint density at radius 2 is 1.97 bits per heavy atom. The van der Waals surface area contributed by atoms with Crippen LogP contribution < -0.4 is 15.4 Å². The second kappa shape index (κ2) is 8.60. The number of nitrogens with zero attached hydrogens (tertiary/aromatic N) is 2. The number of pyridine rings is 1. The van der Waals surface area contributed by atoms with Crippen molar-refractivity contribution in [3.63, 3.8) is 0 Å². The van der Waals surface area contributed by atoms with Gasteiger partial charge in [0, 0.05) is 23.0 Å². The smallest absolute Gasteiger partial charge is 0.257 e. The number of carbonyl (C=O) groups excluding carboxylic acids is 1. The van der Waals surface area contributed by atoms with Crippen LogP contribution in [0, 0.1) is 0 Å². The average molecular weight is 483 g/mol. The molecule has 4 aromatic rings. The normalized spacial score (nSPS) is 10.6. The number of hydrogen-bond donors (Lipinski definition) is 2. The number of carbonyl (C=O) groups is 1. The van der Waals surface area contributed by atoms with E-state index in [9.17, 15) is 4.79 Å². The minimum Gasteiger partial charge on any atom is -0.496 e. The molecule has 0 radical (unpaired) electrons. The molecular formula is C21H15BrN4O3S. The molecule has 2 heterocycles. The third-order valence-corrected chi connectivity index (χ3v) is 5.02. The fourth-order valence-electron chi connectivity index (χ4n) is 2.73. The first-order valence-electron chi connectivity index (χ1n) is 8.81. The highest BCUT2D eigenvalue weighted by Gasteiger charge is 2.12. The van der Waals surface area contributed by atoms with Crippen LogP contribution in [0.5, 0.6) is 5.75 Å². The number of methoxy groups -OCH3 is 1. The van der Waals surface area contributed by atoms with Gasteiger partial charge in [0.2, 0.25) is 5.89 Å². The maximum atomic E-state index is 12.4. The average Bonchev–Trinajstić information content (AvgIpc) is 3.18. The Morgan fingerprint density at radius 3 is 2.67 bits per heavy atom. The molecule has 0 bridgehead atoms. The number of halogens is 1. The van der Waals surface area contributed by atoms with Crippen molar-refractivity contribution in [1.29, 1.82) is 0 Å². The molecule has 9 heteroatoms. The first-order chi connectivity index (χ1) is 14.5. The summed E-state index contributed by atoms with van der Waals surface area (Å²) in [6, 6.07) is 16.0. The molecular weight excluding hydrogens is 468 g/mol. The highest BCUT2D eigenvalue weighted by atomic mass is 79.9. The van der Waals surface area contributed by atoms with Crippen molar-refractivity contribution in [1.82, 2.24) is 15.3 Å². The van der Waals surface area contributed by atoms with Crippen molar-refractivity contribution in [3.8, 4) is 17.2 Å². The zero-order chi connectivity index (χ0) is 21.1. The van der Waals surface area contributed by atoms with Crippen LogP contribution in [0.1, 0.15) is 10.4 Å². The van der Waals surface area contributed by atoms with Gasteiger partial charge in [-0.25, -0.2) is 4.98 Å². The predicted octanol–water partition coefficient (Wildman–Crippen LogP) is 4.79. The first kappa shape index (κ1) is 20.0. The van der Waals surface area contributed by atoms with Gasteiger partial charge in [0.25, 0.3) is 5.91 Å². The van der Waals surface area contributed by atoms with E-state index < -0.39 is 0 Å². The number of oxazole rings is 1. The molecule has 0 aliphatic heterocycles. The minimum absolute atomic E-state index is 0.186. The molecule has 30 heavy (non-hydrogen) atoms. The lowest BCUT2D eigenvalue weighted by molar-refractivity contribution is 0.0977. The van der Waals surface area contributed by atoms with E-state index in [0.29, 0.717) is 38.6 Å². The quantitative estimate of drug-likeness (QED) is 0.404. The lowest BCUT2D eigenvalue weighted by Gasteiger charge is -2.11. The predicted molar refractivity (Wildman–Crippen MR) is 122 cm³/mol. The molecule has 7 nitrogen and oxygen atoms in total. The van der Waals surface area contributed by atoms with Crippen molar-refractivity contribution >= 4 is 56.1 Å². The molecule has 0 spiro atoms. The number of aromatic nitrogens is 2. The van der Waals surface area contributed by atoms with E-state index in [4.69, 9.17) is 21.4 Å². The summed E-state index contributed by atoms with van der Waals surface area (Å²) in [4.78, 5) is 20.9. The van der Waals surface area contributed by atoms with Crippen molar-refractivity contribution in [2.45, 2.75) is 0 Å². The van der Waals surface area contributed by atoms with Crippen molar-refractivity contribution in [2.75, 3.05) is 12.4 Å². The van der Waals surface area contributed by atoms with Gasteiger partial charge in [-0.3, -0.25) is 10.1 Å². The zero-order valence-electron chi connectivity index (χ0n) is 15.7. The first-order valence-corrected chi connectivity index (χ1v) is 10.0. The summed E-state index contributed by atoms with van der Waals surface area (Å²) in [7, 11) is 1.56. The molecule has 0 saturated heterocycles. The Bertz CT molecular complexity index is 1210. The minimum atomic E-state index is -0.327. The summed E-state index contributed by atoms with van der Waals surface area (Å²) in [5, 5.41) is 5.82. The number of amides is 1. The summed E-state index contributed by atoms with van der Waals surface area (Å²) in [6.45, 7) is 0. The van der Waals surface area contributed by atoms with Crippen LogP contribution in [0.3, 0.4) is 0 Å². The Morgan fingerprint density at radius 1 is 1.17 bits per heavy atom. The molecule has 2 aromatic heterocycles. The SMILES string of the molecule is COc1ccc(C(=O)NC(=S)Nc2ccc(-c3nc4ncccc4o3)cc2)cc1Br. The fraction of sp³-hybridized carbons (Fsp3) is 0.0476. The summed E-state index contributed by atoms with van der Waals surface area (Å²) < 4.78 is 11.6. The van der Waals surface area contributed by atoms with Gasteiger partial charge in [-0.1, -0.05) is 0 Å². The van der Waals surface area contributed by atoms with E-state index in [2.05, 4.69) is 36.5 Å². The lowest BCUT2D eigenvalue weighted by Crippen LogP contribution is -2.34. The standard InChI is InChI=1S/C21H15BrN4O3S/c1-28-16-9-6-13(11-15(16)22)19(27)26-21(30)24-14-7-4-12(5-8-14)20-25-18-17(29-20)3-2-10-23-18/h2-11H,1H3,(H2,24,26,27,30). The number of thiocarbonyl (C=S) groups is 1. The summed E-state index contributed by atoms with van der Waals surface area (Å²) in [5.74, 6) is 0.796. The van der Waals surface area contributed by atoms with E-state index in [1.54, 1.807) is 37.6 Å². The zero-order valence-corrected chi connectivity index (χ0v) is 18.1. The largest absolute Gasteiger partial charge is 0.496 e. The third-order valence-electron chi connectivity index (χ3n) is 4.20. The number of ether oxygens (including phenoxy) is 1. The van der Waals surface area contributed by atoms with Gasteiger partial charge in [-0.15, -0.1) is 0 Å². The van der Waals surface area contributed by atoms with Gasteiger partial charge in [-0.05, 0) is 82.7 Å². The van der Waals surface area contributed by atoms with E-state index in [-0.39, 0.29) is 11.0 Å². The van der Waals surface area contributed by atoms with E-state index >= 15 is 0 Å². The monoisotopic (exact) mass is 482 g/mol. The van der Waals surface area contributed by atoms with Crippen LogP contribution in [-0.2, 0) is 0 Å². The molecule has 4 rings (SSSR count). The van der Waals surface area contributed by atoms with Gasteiger partial charge >= 0.3 is 0 Å². The van der Waals surface area contributed by atoms with Crippen molar-refractivity contribution in [3.05, 3.63) is 70.8 Å². The van der Waals surface area contributed by atoms with Crippen molar-refractivity contribution < 1.29 is 13.9 Å². The molecule has 0 atom stereocenters. The Balaban J connectivity index is 1.41. The maximum absolute atomic E-state index is 12.4. The summed E-state index contributed by atoms with van der Waals surface area (Å²) >= 11 is 8.61. The molecule has 2 N–H and O–H groups in total. The summed E-state index contributed by atoms with van der Waals surface area (Å²) in [5.41, 5.74) is 3.16. The van der Waals surface area contributed by atoms with E-state index in [1.165, 1.54) is 0 Å². The number of fused-ring (bicyclic) bond motifs is 1. The number of anilines is 1. The number of hydrogen-bond acceptors (Lipinski definition) is 6. The molecule has 1 amide bonds. The highest BCUT2D eigenvalue weighted by molar-refractivity contribution is 9.10. The Hall–Kier alpha value is -3.30. The van der Waals surface area contributed by atoms with Gasteiger partial charge in [0.1, 0.15) is 5.75 Å².